The van der Waals surface area contributed by atoms with Gasteiger partial charge in [0.2, 0.25) is 0 Å². The molecule has 0 saturated carbocycles. The van der Waals surface area contributed by atoms with Gasteiger partial charge in [0.15, 0.2) is 0 Å². The van der Waals surface area contributed by atoms with Crippen molar-refractivity contribution in [1.29, 1.82) is 0 Å². The van der Waals surface area contributed by atoms with Crippen molar-refractivity contribution in [3.63, 3.8) is 0 Å². The van der Waals surface area contributed by atoms with E-state index >= 15 is 0 Å². The zero-order valence-corrected chi connectivity index (χ0v) is 12.1. The summed E-state index contributed by atoms with van der Waals surface area (Å²) < 4.78 is 0.979. The monoisotopic (exact) mass is 317 g/mol. The van der Waals surface area contributed by atoms with Gasteiger partial charge in [0, 0.05) is 12.6 Å². The van der Waals surface area contributed by atoms with Crippen molar-refractivity contribution in [2.24, 2.45) is 0 Å². The van der Waals surface area contributed by atoms with Gasteiger partial charge in [0.1, 0.15) is 0 Å². The molecule has 1 aliphatic rings. The number of hydrogen-bond donors (Lipinski definition) is 1. The highest BCUT2D eigenvalue weighted by Crippen LogP contribution is 2.28. The Bertz CT molecular complexity index is 405. The Morgan fingerprint density at radius 1 is 1.71 bits per heavy atom. The van der Waals surface area contributed by atoms with Crippen LogP contribution in [0.1, 0.15) is 35.9 Å². The molecule has 94 valence electrons. The van der Waals surface area contributed by atoms with Crippen LogP contribution >= 0.6 is 27.3 Å². The predicted octanol–water partition coefficient (Wildman–Crippen LogP) is 2.89. The lowest BCUT2D eigenvalue weighted by molar-refractivity contribution is 0.0687. The second-order valence-corrected chi connectivity index (χ2v) is 6.95. The summed E-state index contributed by atoms with van der Waals surface area (Å²) in [5.41, 5.74) is 0. The summed E-state index contributed by atoms with van der Waals surface area (Å²) in [6, 6.07) is 3.95. The van der Waals surface area contributed by atoms with E-state index in [1.807, 2.05) is 17.0 Å². The first kappa shape index (κ1) is 13.1. The summed E-state index contributed by atoms with van der Waals surface area (Å²) in [7, 11) is 0. The van der Waals surface area contributed by atoms with Crippen LogP contribution in [0.25, 0.3) is 0 Å². The number of carbonyl (C=O) groups is 1. The third-order valence-electron chi connectivity index (χ3n) is 3.04. The smallest absolute Gasteiger partial charge is 0.264 e. The molecular formula is C12H16BrNO2S. The summed E-state index contributed by atoms with van der Waals surface area (Å²) in [5.74, 6) is 0.101. The maximum absolute atomic E-state index is 12.3. The fourth-order valence-electron chi connectivity index (χ4n) is 2.31. The molecule has 2 atom stereocenters. The molecule has 1 aliphatic heterocycles. The van der Waals surface area contributed by atoms with E-state index in [1.54, 1.807) is 6.92 Å². The minimum Gasteiger partial charge on any atom is -0.393 e. The number of thiophene rings is 1. The molecule has 17 heavy (non-hydrogen) atoms. The zero-order valence-electron chi connectivity index (χ0n) is 9.73. The number of rotatable bonds is 3. The molecule has 0 radical (unpaired) electrons. The summed E-state index contributed by atoms with van der Waals surface area (Å²) in [5, 5.41) is 9.44. The fraction of sp³-hybridized carbons (Fsp3) is 0.583. The van der Waals surface area contributed by atoms with Crippen LogP contribution < -0.4 is 0 Å². The molecule has 2 rings (SSSR count). The molecular weight excluding hydrogens is 302 g/mol. The molecule has 0 spiro atoms. The molecule has 5 heteroatoms. The van der Waals surface area contributed by atoms with Gasteiger partial charge in [-0.15, -0.1) is 11.3 Å². The van der Waals surface area contributed by atoms with Crippen molar-refractivity contribution in [2.75, 3.05) is 6.54 Å². The highest BCUT2D eigenvalue weighted by molar-refractivity contribution is 9.11. The molecule has 1 saturated heterocycles. The molecule has 1 aromatic heterocycles. The van der Waals surface area contributed by atoms with Crippen molar-refractivity contribution >= 4 is 33.2 Å². The largest absolute Gasteiger partial charge is 0.393 e. The normalized spacial score (nSPS) is 21.8. The van der Waals surface area contributed by atoms with Gasteiger partial charge >= 0.3 is 0 Å². The first-order valence-electron chi connectivity index (χ1n) is 5.82. The highest BCUT2D eigenvalue weighted by Gasteiger charge is 2.30. The minimum absolute atomic E-state index is 0.101. The maximum Gasteiger partial charge on any atom is 0.264 e. The number of likely N-dealkylation sites (tertiary alicyclic amines) is 1. The average molecular weight is 318 g/mol. The molecule has 1 fully saturated rings. The standard InChI is InChI=1S/C12H16BrNO2S/c1-8(15)7-9-3-2-6-14(9)12(16)10-4-5-11(13)17-10/h4-5,8-9,15H,2-3,6-7H2,1H3. The summed E-state index contributed by atoms with van der Waals surface area (Å²) in [6.45, 7) is 2.59. The van der Waals surface area contributed by atoms with Crippen LogP contribution in [0.5, 0.6) is 0 Å². The Morgan fingerprint density at radius 2 is 2.47 bits per heavy atom. The first-order valence-corrected chi connectivity index (χ1v) is 7.43. The number of hydrogen-bond acceptors (Lipinski definition) is 3. The Kier molecular flexibility index (Phi) is 4.22. The van der Waals surface area contributed by atoms with Crippen LogP contribution in [0.15, 0.2) is 15.9 Å². The molecule has 1 aromatic rings. The topological polar surface area (TPSA) is 40.5 Å². The van der Waals surface area contributed by atoms with Gasteiger partial charge in [-0.1, -0.05) is 0 Å². The first-order chi connectivity index (χ1) is 8.08. The van der Waals surface area contributed by atoms with Crippen molar-refractivity contribution in [2.45, 2.75) is 38.3 Å². The maximum atomic E-state index is 12.3. The van der Waals surface area contributed by atoms with Gasteiger partial charge in [-0.05, 0) is 54.2 Å². The zero-order chi connectivity index (χ0) is 12.4. The Labute approximate surface area is 114 Å². The van der Waals surface area contributed by atoms with E-state index in [4.69, 9.17) is 0 Å². The van der Waals surface area contributed by atoms with E-state index in [0.717, 1.165) is 28.0 Å². The van der Waals surface area contributed by atoms with E-state index < -0.39 is 0 Å². The minimum atomic E-state index is -0.344. The highest BCUT2D eigenvalue weighted by atomic mass is 79.9. The third kappa shape index (κ3) is 3.09. The van der Waals surface area contributed by atoms with Gasteiger partial charge in [-0.25, -0.2) is 0 Å². The molecule has 0 bridgehead atoms. The number of carbonyl (C=O) groups excluding carboxylic acids is 1. The van der Waals surface area contributed by atoms with Crippen LogP contribution in [-0.2, 0) is 0 Å². The van der Waals surface area contributed by atoms with Crippen LogP contribution in [0.4, 0.5) is 0 Å². The van der Waals surface area contributed by atoms with E-state index in [2.05, 4.69) is 15.9 Å². The third-order valence-corrected chi connectivity index (χ3v) is 4.65. The van der Waals surface area contributed by atoms with Crippen LogP contribution in [-0.4, -0.2) is 34.6 Å². The number of aliphatic hydroxyl groups excluding tert-OH is 1. The second-order valence-electron chi connectivity index (χ2n) is 4.48. The molecule has 3 nitrogen and oxygen atoms in total. The van der Waals surface area contributed by atoms with E-state index in [9.17, 15) is 9.90 Å². The molecule has 2 unspecified atom stereocenters. The quantitative estimate of drug-likeness (QED) is 0.931. The van der Waals surface area contributed by atoms with Crippen LogP contribution in [0.3, 0.4) is 0 Å². The molecule has 2 heterocycles. The molecule has 0 aromatic carbocycles. The van der Waals surface area contributed by atoms with E-state index in [-0.39, 0.29) is 18.1 Å². The predicted molar refractivity (Wildman–Crippen MR) is 72.4 cm³/mol. The summed E-state index contributed by atoms with van der Waals surface area (Å²) >= 11 is 4.84. The Hall–Kier alpha value is -0.390. The van der Waals surface area contributed by atoms with E-state index in [1.165, 1.54) is 11.3 Å². The lowest BCUT2D eigenvalue weighted by Crippen LogP contribution is -2.36. The summed E-state index contributed by atoms with van der Waals surface area (Å²) in [6.07, 6.45) is 2.38. The SMILES string of the molecule is CC(O)CC1CCCN1C(=O)c1ccc(Br)s1. The van der Waals surface area contributed by atoms with Crippen molar-refractivity contribution < 1.29 is 9.90 Å². The lowest BCUT2D eigenvalue weighted by atomic mass is 10.1. The fourth-order valence-corrected chi connectivity index (χ4v) is 3.65. The number of halogens is 1. The molecule has 0 aliphatic carbocycles. The van der Waals surface area contributed by atoms with Crippen molar-refractivity contribution in [1.82, 2.24) is 4.90 Å². The molecule has 1 amide bonds. The summed E-state index contributed by atoms with van der Waals surface area (Å²) in [4.78, 5) is 15.0. The van der Waals surface area contributed by atoms with Crippen LogP contribution in [0.2, 0.25) is 0 Å². The van der Waals surface area contributed by atoms with Gasteiger partial charge < -0.3 is 10.0 Å². The number of aliphatic hydroxyl groups is 1. The Morgan fingerprint density at radius 3 is 3.06 bits per heavy atom. The Balaban J connectivity index is 2.08. The van der Waals surface area contributed by atoms with Gasteiger partial charge in [-0.3, -0.25) is 4.79 Å². The average Bonchev–Trinajstić information content (AvgIpc) is 2.85. The van der Waals surface area contributed by atoms with Gasteiger partial charge in [-0.2, -0.15) is 0 Å². The van der Waals surface area contributed by atoms with Crippen LogP contribution in [0, 0.1) is 0 Å². The number of amides is 1. The second kappa shape index (κ2) is 5.50. The van der Waals surface area contributed by atoms with Gasteiger partial charge in [0.05, 0.1) is 14.8 Å². The van der Waals surface area contributed by atoms with Crippen molar-refractivity contribution in [3.05, 3.63) is 20.8 Å². The van der Waals surface area contributed by atoms with Crippen molar-refractivity contribution in [3.8, 4) is 0 Å². The lowest BCUT2D eigenvalue weighted by Gasteiger charge is -2.25. The van der Waals surface area contributed by atoms with Gasteiger partial charge in [0.25, 0.3) is 5.91 Å². The van der Waals surface area contributed by atoms with E-state index in [0.29, 0.717) is 6.42 Å². The number of nitrogens with zero attached hydrogens (tertiary/aromatic N) is 1. The molecule has 1 N–H and O–H groups in total.